The van der Waals surface area contributed by atoms with Crippen LogP contribution in [0.5, 0.6) is 0 Å². The van der Waals surface area contributed by atoms with Crippen LogP contribution in [0.15, 0.2) is 12.3 Å². The van der Waals surface area contributed by atoms with Crippen molar-refractivity contribution in [1.29, 1.82) is 0 Å². The molecule has 0 saturated carbocycles. The summed E-state index contributed by atoms with van der Waals surface area (Å²) in [6, 6.07) is 1.48. The van der Waals surface area contributed by atoms with Crippen molar-refractivity contribution < 1.29 is 4.39 Å². The topological polar surface area (TPSA) is 45.4 Å². The van der Waals surface area contributed by atoms with Crippen molar-refractivity contribution in [3.05, 3.63) is 23.6 Å². The smallest absolute Gasteiger partial charge is 0.141 e. The highest BCUT2D eigenvalue weighted by Gasteiger charge is 2.32. The van der Waals surface area contributed by atoms with Crippen LogP contribution in [0.1, 0.15) is 19.4 Å². The highest BCUT2D eigenvalue weighted by atomic mass is 19.1. The molecular formula is C13H21FN4. The lowest BCUT2D eigenvalue weighted by Gasteiger charge is -2.46. The first kappa shape index (κ1) is 13.2. The molecule has 1 fully saturated rings. The summed E-state index contributed by atoms with van der Waals surface area (Å²) in [5.74, 6) is 0.493. The summed E-state index contributed by atoms with van der Waals surface area (Å²) < 4.78 is 13.2. The van der Waals surface area contributed by atoms with Gasteiger partial charge in [0.2, 0.25) is 0 Å². The number of nitrogens with zero attached hydrogens (tertiary/aromatic N) is 3. The quantitative estimate of drug-likeness (QED) is 0.859. The predicted molar refractivity (Wildman–Crippen MR) is 71.0 cm³/mol. The number of anilines is 1. The molecule has 0 radical (unpaired) electrons. The largest absolute Gasteiger partial charge is 0.353 e. The number of hydrogen-bond donors (Lipinski definition) is 1. The molecule has 18 heavy (non-hydrogen) atoms. The zero-order chi connectivity index (χ0) is 13.3. The number of piperazine rings is 1. The van der Waals surface area contributed by atoms with E-state index in [2.05, 4.69) is 35.7 Å². The second kappa shape index (κ2) is 4.82. The van der Waals surface area contributed by atoms with Crippen LogP contribution in [0.4, 0.5) is 10.2 Å². The van der Waals surface area contributed by atoms with E-state index in [0.29, 0.717) is 6.54 Å². The monoisotopic (exact) mass is 252 g/mol. The molecule has 1 aromatic heterocycles. The summed E-state index contributed by atoms with van der Waals surface area (Å²) in [6.45, 7) is 7.44. The minimum atomic E-state index is -0.326. The fraction of sp³-hybridized carbons (Fsp3) is 0.615. The molecule has 100 valence electrons. The standard InChI is InChI=1S/C13H21FN4/c1-13(2)9-18(5-4-17(13)3)12-10(7-15)6-11(14)8-16-12/h6,8H,4-5,7,9,15H2,1-3H3. The van der Waals surface area contributed by atoms with E-state index >= 15 is 0 Å². The van der Waals surface area contributed by atoms with Gasteiger partial charge in [-0.15, -0.1) is 0 Å². The van der Waals surface area contributed by atoms with Crippen LogP contribution in [0.2, 0.25) is 0 Å². The first-order valence-corrected chi connectivity index (χ1v) is 6.25. The SMILES string of the molecule is CN1CCN(c2ncc(F)cc2CN)CC1(C)C. The van der Waals surface area contributed by atoms with Crippen molar-refractivity contribution in [1.82, 2.24) is 9.88 Å². The van der Waals surface area contributed by atoms with Crippen molar-refractivity contribution in [3.63, 3.8) is 0 Å². The van der Waals surface area contributed by atoms with Gasteiger partial charge in [0.25, 0.3) is 0 Å². The molecular weight excluding hydrogens is 231 g/mol. The summed E-state index contributed by atoms with van der Waals surface area (Å²) in [5, 5.41) is 0. The second-order valence-electron chi connectivity index (χ2n) is 5.50. The Kier molecular flexibility index (Phi) is 3.54. The molecule has 0 aromatic carbocycles. The maximum Gasteiger partial charge on any atom is 0.141 e. The van der Waals surface area contributed by atoms with Crippen LogP contribution in [-0.4, -0.2) is 42.1 Å². The van der Waals surface area contributed by atoms with Gasteiger partial charge < -0.3 is 10.6 Å². The number of rotatable bonds is 2. The van der Waals surface area contributed by atoms with E-state index in [1.165, 1.54) is 12.3 Å². The molecule has 4 nitrogen and oxygen atoms in total. The van der Waals surface area contributed by atoms with E-state index in [4.69, 9.17) is 5.73 Å². The Hall–Kier alpha value is -1.20. The minimum Gasteiger partial charge on any atom is -0.353 e. The van der Waals surface area contributed by atoms with E-state index in [1.807, 2.05) is 0 Å². The molecule has 2 heterocycles. The molecule has 0 aliphatic carbocycles. The third-order valence-electron chi connectivity index (χ3n) is 3.75. The maximum atomic E-state index is 13.2. The zero-order valence-electron chi connectivity index (χ0n) is 11.3. The summed E-state index contributed by atoms with van der Waals surface area (Å²) in [7, 11) is 2.12. The van der Waals surface area contributed by atoms with Crippen molar-refractivity contribution in [2.75, 3.05) is 31.6 Å². The Morgan fingerprint density at radius 1 is 1.44 bits per heavy atom. The maximum absolute atomic E-state index is 13.2. The molecule has 0 amide bonds. The number of hydrogen-bond acceptors (Lipinski definition) is 4. The number of likely N-dealkylation sites (N-methyl/N-ethyl adjacent to an activating group) is 1. The van der Waals surface area contributed by atoms with Gasteiger partial charge in [0.1, 0.15) is 11.6 Å². The molecule has 1 aliphatic rings. The third kappa shape index (κ3) is 2.47. The highest BCUT2D eigenvalue weighted by molar-refractivity contribution is 5.48. The highest BCUT2D eigenvalue weighted by Crippen LogP contribution is 2.25. The average molecular weight is 252 g/mol. The number of aromatic nitrogens is 1. The van der Waals surface area contributed by atoms with Gasteiger partial charge in [0.15, 0.2) is 0 Å². The molecule has 0 spiro atoms. The van der Waals surface area contributed by atoms with Crippen LogP contribution in [0.25, 0.3) is 0 Å². The molecule has 1 saturated heterocycles. The van der Waals surface area contributed by atoms with Crippen molar-refractivity contribution in [2.45, 2.75) is 25.9 Å². The zero-order valence-corrected chi connectivity index (χ0v) is 11.3. The van der Waals surface area contributed by atoms with Crippen LogP contribution < -0.4 is 10.6 Å². The van der Waals surface area contributed by atoms with Gasteiger partial charge in [-0.2, -0.15) is 0 Å². The minimum absolute atomic E-state index is 0.0835. The lowest BCUT2D eigenvalue weighted by atomic mass is 9.99. The first-order chi connectivity index (χ1) is 8.44. The first-order valence-electron chi connectivity index (χ1n) is 6.25. The Labute approximate surface area is 108 Å². The number of nitrogens with two attached hydrogens (primary N) is 1. The van der Waals surface area contributed by atoms with Gasteiger partial charge in [0, 0.05) is 37.3 Å². The molecule has 1 aliphatic heterocycles. The van der Waals surface area contributed by atoms with E-state index in [0.717, 1.165) is 31.0 Å². The average Bonchev–Trinajstić information content (AvgIpc) is 2.32. The Morgan fingerprint density at radius 3 is 2.78 bits per heavy atom. The molecule has 0 atom stereocenters. The van der Waals surface area contributed by atoms with Crippen molar-refractivity contribution in [2.24, 2.45) is 5.73 Å². The number of pyridine rings is 1. The van der Waals surface area contributed by atoms with Gasteiger partial charge in [0.05, 0.1) is 6.20 Å². The van der Waals surface area contributed by atoms with Crippen molar-refractivity contribution in [3.8, 4) is 0 Å². The van der Waals surface area contributed by atoms with Crippen LogP contribution in [-0.2, 0) is 6.54 Å². The van der Waals surface area contributed by atoms with Gasteiger partial charge in [-0.1, -0.05) is 0 Å². The van der Waals surface area contributed by atoms with Gasteiger partial charge >= 0.3 is 0 Å². The summed E-state index contributed by atoms with van der Waals surface area (Å²) in [5.41, 5.74) is 6.53. The Balaban J connectivity index is 2.27. The van der Waals surface area contributed by atoms with Gasteiger partial charge in [-0.05, 0) is 27.0 Å². The predicted octanol–water partition coefficient (Wildman–Crippen LogP) is 1.21. The summed E-state index contributed by atoms with van der Waals surface area (Å²) >= 11 is 0. The fourth-order valence-electron chi connectivity index (χ4n) is 2.33. The molecule has 2 N–H and O–H groups in total. The molecule has 1 aromatic rings. The van der Waals surface area contributed by atoms with E-state index in [1.54, 1.807) is 0 Å². The molecule has 0 unspecified atom stereocenters. The third-order valence-corrected chi connectivity index (χ3v) is 3.75. The van der Waals surface area contributed by atoms with Crippen LogP contribution in [0, 0.1) is 5.82 Å². The van der Waals surface area contributed by atoms with E-state index < -0.39 is 0 Å². The molecule has 2 rings (SSSR count). The number of halogens is 1. The fourth-order valence-corrected chi connectivity index (χ4v) is 2.33. The van der Waals surface area contributed by atoms with Gasteiger partial charge in [-0.25, -0.2) is 9.37 Å². The lowest BCUT2D eigenvalue weighted by molar-refractivity contribution is 0.138. The molecule has 0 bridgehead atoms. The van der Waals surface area contributed by atoms with E-state index in [-0.39, 0.29) is 11.4 Å². The Morgan fingerprint density at radius 2 is 2.17 bits per heavy atom. The molecule has 5 heteroatoms. The van der Waals surface area contributed by atoms with Gasteiger partial charge in [-0.3, -0.25) is 4.90 Å². The lowest BCUT2D eigenvalue weighted by Crippen LogP contribution is -2.58. The van der Waals surface area contributed by atoms with Crippen LogP contribution >= 0.6 is 0 Å². The summed E-state index contributed by atoms with van der Waals surface area (Å²) in [6.07, 6.45) is 1.26. The summed E-state index contributed by atoms with van der Waals surface area (Å²) in [4.78, 5) is 8.74. The normalized spacial score (nSPS) is 20.2. The van der Waals surface area contributed by atoms with Crippen LogP contribution in [0.3, 0.4) is 0 Å². The van der Waals surface area contributed by atoms with Crippen molar-refractivity contribution >= 4 is 5.82 Å². The van der Waals surface area contributed by atoms with E-state index in [9.17, 15) is 4.39 Å². The second-order valence-corrected chi connectivity index (χ2v) is 5.50. The Bertz CT molecular complexity index is 433.